The van der Waals surface area contributed by atoms with Crippen LogP contribution in [0.1, 0.15) is 15.9 Å². The van der Waals surface area contributed by atoms with Crippen LogP contribution in [0.4, 0.5) is 0 Å². The normalized spacial score (nSPS) is 18.5. The monoisotopic (exact) mass is 479 g/mol. The molecular weight excluding hydrogens is 450 g/mol. The lowest BCUT2D eigenvalue weighted by atomic mass is 10.1. The van der Waals surface area contributed by atoms with Gasteiger partial charge in [0.15, 0.2) is 0 Å². The average Bonchev–Trinajstić information content (AvgIpc) is 3.26. The molecule has 1 amide bonds. The largest absolute Gasteiger partial charge is 0.379 e. The first-order chi connectivity index (χ1) is 15.4. The van der Waals surface area contributed by atoms with Gasteiger partial charge in [-0.2, -0.15) is 4.31 Å². The Labute approximate surface area is 193 Å². The zero-order valence-electron chi connectivity index (χ0n) is 18.2. The second kappa shape index (κ2) is 10.4. The Morgan fingerprint density at radius 1 is 1.03 bits per heavy atom. The first-order valence-corrected chi connectivity index (χ1v) is 13.1. The van der Waals surface area contributed by atoms with Gasteiger partial charge < -0.3 is 14.8 Å². The van der Waals surface area contributed by atoms with Crippen LogP contribution >= 0.6 is 11.3 Å². The Morgan fingerprint density at radius 3 is 2.38 bits per heavy atom. The van der Waals surface area contributed by atoms with Crippen molar-refractivity contribution in [2.24, 2.45) is 0 Å². The highest BCUT2D eigenvalue weighted by molar-refractivity contribution is 7.89. The molecule has 0 radical (unpaired) electrons. The van der Waals surface area contributed by atoms with Gasteiger partial charge in [-0.25, -0.2) is 8.42 Å². The topological polar surface area (TPSA) is 88.2 Å². The maximum atomic E-state index is 13.3. The van der Waals surface area contributed by atoms with Crippen LogP contribution < -0.4 is 5.32 Å². The number of carbonyl (C=O) groups excluding carboxylic acids is 1. The predicted octanol–water partition coefficient (Wildman–Crippen LogP) is 1.81. The van der Waals surface area contributed by atoms with Gasteiger partial charge in [0.25, 0.3) is 5.91 Å². The van der Waals surface area contributed by atoms with Gasteiger partial charge in [-0.3, -0.25) is 9.69 Å². The van der Waals surface area contributed by atoms with Crippen LogP contribution in [0, 0.1) is 6.92 Å². The number of benzene rings is 1. The summed E-state index contributed by atoms with van der Waals surface area (Å²) in [6.07, 6.45) is 0. The summed E-state index contributed by atoms with van der Waals surface area (Å²) in [7, 11) is -3.72. The summed E-state index contributed by atoms with van der Waals surface area (Å²) in [6, 6.07) is 6.93. The summed E-state index contributed by atoms with van der Waals surface area (Å²) < 4.78 is 38.7. The Kier molecular flexibility index (Phi) is 7.59. The molecule has 3 heterocycles. The Balaban J connectivity index is 1.57. The summed E-state index contributed by atoms with van der Waals surface area (Å²) in [5.41, 5.74) is 2.18. The molecule has 2 saturated heterocycles. The van der Waals surface area contributed by atoms with Crippen LogP contribution in [-0.4, -0.2) is 89.2 Å². The number of rotatable bonds is 7. The molecule has 0 atom stereocenters. The number of hydrogen-bond donors (Lipinski definition) is 1. The molecule has 32 heavy (non-hydrogen) atoms. The number of ether oxygens (including phenoxy) is 2. The third kappa shape index (κ3) is 5.56. The molecule has 0 saturated carbocycles. The van der Waals surface area contributed by atoms with Crippen LogP contribution in [0.5, 0.6) is 0 Å². The molecule has 10 heteroatoms. The molecule has 2 aromatic rings. The van der Waals surface area contributed by atoms with E-state index in [1.54, 1.807) is 12.1 Å². The fourth-order valence-corrected chi connectivity index (χ4v) is 6.16. The highest BCUT2D eigenvalue weighted by atomic mass is 32.2. The van der Waals surface area contributed by atoms with Gasteiger partial charge in [0.2, 0.25) is 10.0 Å². The van der Waals surface area contributed by atoms with E-state index in [0.717, 1.165) is 35.6 Å². The van der Waals surface area contributed by atoms with Crippen molar-refractivity contribution in [1.29, 1.82) is 0 Å². The van der Waals surface area contributed by atoms with Crippen molar-refractivity contribution >= 4 is 27.3 Å². The van der Waals surface area contributed by atoms with Gasteiger partial charge >= 0.3 is 0 Å². The predicted molar refractivity (Wildman–Crippen MR) is 124 cm³/mol. The van der Waals surface area contributed by atoms with Crippen LogP contribution in [0.2, 0.25) is 0 Å². The molecule has 0 bridgehead atoms. The highest BCUT2D eigenvalue weighted by Gasteiger charge is 2.28. The molecule has 1 aromatic carbocycles. The van der Waals surface area contributed by atoms with Gasteiger partial charge in [0, 0.05) is 49.7 Å². The first kappa shape index (κ1) is 23.3. The average molecular weight is 480 g/mol. The lowest BCUT2D eigenvalue weighted by Crippen LogP contribution is -2.41. The number of aryl methyl sites for hydroxylation is 1. The fraction of sp³-hybridized carbons (Fsp3) is 0.500. The van der Waals surface area contributed by atoms with E-state index in [4.69, 9.17) is 9.47 Å². The lowest BCUT2D eigenvalue weighted by Gasteiger charge is -2.27. The molecule has 1 aromatic heterocycles. The molecule has 174 valence electrons. The molecule has 2 aliphatic rings. The number of hydrogen-bond acceptors (Lipinski definition) is 7. The van der Waals surface area contributed by atoms with Crippen molar-refractivity contribution in [2.45, 2.75) is 11.8 Å². The maximum Gasteiger partial charge on any atom is 0.251 e. The summed E-state index contributed by atoms with van der Waals surface area (Å²) in [5, 5.41) is 4.96. The third-order valence-corrected chi connectivity index (χ3v) is 8.58. The van der Waals surface area contributed by atoms with Crippen LogP contribution in [0.25, 0.3) is 10.4 Å². The van der Waals surface area contributed by atoms with E-state index in [2.05, 4.69) is 10.2 Å². The summed E-state index contributed by atoms with van der Waals surface area (Å²) in [5.74, 6) is -0.271. The van der Waals surface area contributed by atoms with Crippen molar-refractivity contribution in [3.8, 4) is 10.4 Å². The number of sulfonamides is 1. The van der Waals surface area contributed by atoms with Gasteiger partial charge in [-0.15, -0.1) is 11.3 Å². The van der Waals surface area contributed by atoms with Crippen molar-refractivity contribution in [3.63, 3.8) is 0 Å². The zero-order chi connectivity index (χ0) is 22.6. The highest BCUT2D eigenvalue weighted by Crippen LogP contribution is 2.31. The van der Waals surface area contributed by atoms with Gasteiger partial charge in [0.05, 0.1) is 31.3 Å². The van der Waals surface area contributed by atoms with E-state index in [0.29, 0.717) is 51.6 Å². The van der Waals surface area contributed by atoms with Crippen molar-refractivity contribution in [2.75, 3.05) is 65.7 Å². The van der Waals surface area contributed by atoms with Crippen LogP contribution in [-0.2, 0) is 19.5 Å². The number of nitrogens with zero attached hydrogens (tertiary/aromatic N) is 2. The van der Waals surface area contributed by atoms with E-state index < -0.39 is 10.0 Å². The smallest absolute Gasteiger partial charge is 0.251 e. The molecule has 8 nitrogen and oxygen atoms in total. The number of nitrogens with one attached hydrogen (secondary N) is 1. The van der Waals surface area contributed by atoms with E-state index in [-0.39, 0.29) is 10.8 Å². The minimum Gasteiger partial charge on any atom is -0.379 e. The summed E-state index contributed by atoms with van der Waals surface area (Å²) >= 11 is 1.54. The number of amides is 1. The number of morpholine rings is 2. The van der Waals surface area contributed by atoms with Crippen molar-refractivity contribution in [1.82, 2.24) is 14.5 Å². The molecule has 2 aliphatic heterocycles. The molecule has 2 fully saturated rings. The quantitative estimate of drug-likeness (QED) is 0.652. The Hall–Kier alpha value is -1.82. The minimum absolute atomic E-state index is 0.140. The van der Waals surface area contributed by atoms with E-state index in [1.807, 2.05) is 18.4 Å². The Morgan fingerprint density at radius 2 is 1.72 bits per heavy atom. The number of thiophene rings is 1. The maximum absolute atomic E-state index is 13.3. The molecule has 0 unspecified atom stereocenters. The SMILES string of the molecule is Cc1csc(-c2cc(C(=O)NCCN3CCOCC3)cc(S(=O)(=O)N3CCOCC3)c2)c1. The third-order valence-electron chi connectivity index (χ3n) is 5.61. The van der Waals surface area contributed by atoms with E-state index in [1.165, 1.54) is 21.7 Å². The fourth-order valence-electron chi connectivity index (χ4n) is 3.79. The van der Waals surface area contributed by atoms with Gasteiger partial charge in [-0.1, -0.05) is 0 Å². The molecular formula is C22H29N3O5S2. The second-order valence-corrected chi connectivity index (χ2v) is 10.8. The second-order valence-electron chi connectivity index (χ2n) is 7.96. The summed E-state index contributed by atoms with van der Waals surface area (Å²) in [4.78, 5) is 16.3. The van der Waals surface area contributed by atoms with Gasteiger partial charge in [0.1, 0.15) is 0 Å². The molecule has 4 rings (SSSR count). The van der Waals surface area contributed by atoms with E-state index >= 15 is 0 Å². The van der Waals surface area contributed by atoms with Gasteiger partial charge in [-0.05, 0) is 47.7 Å². The Bertz CT molecular complexity index is 1040. The lowest BCUT2D eigenvalue weighted by molar-refractivity contribution is 0.0383. The van der Waals surface area contributed by atoms with Crippen LogP contribution in [0.3, 0.4) is 0 Å². The van der Waals surface area contributed by atoms with E-state index in [9.17, 15) is 13.2 Å². The van der Waals surface area contributed by atoms with Crippen molar-refractivity contribution < 1.29 is 22.7 Å². The first-order valence-electron chi connectivity index (χ1n) is 10.8. The minimum atomic E-state index is -3.72. The zero-order valence-corrected chi connectivity index (χ0v) is 19.8. The standard InChI is InChI=1S/C22H29N3O5S2/c1-17-12-21(31-16-17)18-13-19(22(26)23-2-3-24-4-8-29-9-5-24)15-20(14-18)32(27,28)25-6-10-30-11-7-25/h12-16H,2-11H2,1H3,(H,23,26). The van der Waals surface area contributed by atoms with Crippen molar-refractivity contribution in [3.05, 3.63) is 40.8 Å². The molecule has 0 spiro atoms. The molecule has 0 aliphatic carbocycles. The molecule has 1 N–H and O–H groups in total. The summed E-state index contributed by atoms with van der Waals surface area (Å²) in [6.45, 7) is 7.71. The number of carbonyl (C=O) groups is 1. The van der Waals surface area contributed by atoms with Crippen LogP contribution in [0.15, 0.2) is 34.5 Å².